The minimum Gasteiger partial charge on any atom is -0.481 e. The Hall–Kier alpha value is -1.03. The van der Waals surface area contributed by atoms with Gasteiger partial charge in [-0.3, -0.25) is 0 Å². The molecule has 1 heterocycles. The number of thiocarbonyl (C=S) groups is 1. The van der Waals surface area contributed by atoms with Gasteiger partial charge < -0.3 is 4.74 Å². The zero-order valence-electron chi connectivity index (χ0n) is 6.15. The van der Waals surface area contributed by atoms with Crippen LogP contribution in [0.2, 0.25) is 0 Å². The van der Waals surface area contributed by atoms with Gasteiger partial charge in [0.1, 0.15) is 0 Å². The molecule has 0 N–H and O–H groups in total. The quantitative estimate of drug-likeness (QED) is 0.621. The Labute approximate surface area is 70.4 Å². The maximum Gasteiger partial charge on any atom is 0.229 e. The zero-order valence-corrected chi connectivity index (χ0v) is 6.97. The first-order valence-corrected chi connectivity index (χ1v) is 3.69. The Kier molecular flexibility index (Phi) is 2.92. The summed E-state index contributed by atoms with van der Waals surface area (Å²) >= 11 is 4.87. The van der Waals surface area contributed by atoms with Crippen LogP contribution in [0.3, 0.4) is 0 Å². The van der Waals surface area contributed by atoms with Crippen LogP contribution >= 0.6 is 12.2 Å². The van der Waals surface area contributed by atoms with E-state index in [9.17, 15) is 0 Å². The van der Waals surface area contributed by atoms with E-state index in [1.165, 1.54) is 0 Å². The molecule has 0 atom stereocenters. The molecule has 0 aliphatic carbocycles. The van der Waals surface area contributed by atoms with Crippen LogP contribution in [0.1, 0.15) is 12.7 Å². The summed E-state index contributed by atoms with van der Waals surface area (Å²) in [5, 5.41) is 0.355. The van der Waals surface area contributed by atoms with Crippen molar-refractivity contribution in [3.05, 3.63) is 24.3 Å². The molecule has 11 heavy (non-hydrogen) atoms. The first-order valence-electron chi connectivity index (χ1n) is 3.28. The SMILES string of the molecule is CCOC(=S)c1ncccn1. The first-order chi connectivity index (χ1) is 5.34. The van der Waals surface area contributed by atoms with E-state index in [0.29, 0.717) is 17.5 Å². The van der Waals surface area contributed by atoms with Crippen LogP contribution in [0.5, 0.6) is 0 Å². The summed E-state index contributed by atoms with van der Waals surface area (Å²) in [5.74, 6) is 0.476. The summed E-state index contributed by atoms with van der Waals surface area (Å²) in [7, 11) is 0. The van der Waals surface area contributed by atoms with Gasteiger partial charge in [-0.25, -0.2) is 9.97 Å². The molecule has 0 radical (unpaired) electrons. The minimum atomic E-state index is 0.355. The monoisotopic (exact) mass is 168 g/mol. The molecule has 0 aromatic carbocycles. The molecule has 1 aromatic rings. The Morgan fingerprint density at radius 2 is 2.18 bits per heavy atom. The second kappa shape index (κ2) is 3.98. The van der Waals surface area contributed by atoms with Crippen molar-refractivity contribution < 1.29 is 4.74 Å². The van der Waals surface area contributed by atoms with Crippen LogP contribution in [0.25, 0.3) is 0 Å². The lowest BCUT2D eigenvalue weighted by molar-refractivity contribution is 0.335. The molecule has 1 rings (SSSR count). The Morgan fingerprint density at radius 3 is 2.73 bits per heavy atom. The summed E-state index contributed by atoms with van der Waals surface area (Å²) in [6.45, 7) is 2.42. The van der Waals surface area contributed by atoms with E-state index < -0.39 is 0 Å². The maximum absolute atomic E-state index is 5.03. The van der Waals surface area contributed by atoms with E-state index in [-0.39, 0.29) is 0 Å². The molecule has 0 spiro atoms. The van der Waals surface area contributed by atoms with Crippen molar-refractivity contribution in [1.29, 1.82) is 0 Å². The highest BCUT2D eigenvalue weighted by molar-refractivity contribution is 7.80. The van der Waals surface area contributed by atoms with Crippen molar-refractivity contribution in [3.63, 3.8) is 0 Å². The van der Waals surface area contributed by atoms with Crippen molar-refractivity contribution in [1.82, 2.24) is 9.97 Å². The molecule has 0 aliphatic rings. The summed E-state index contributed by atoms with van der Waals surface area (Å²) < 4.78 is 5.03. The molecule has 0 fully saturated rings. The third-order valence-corrected chi connectivity index (χ3v) is 1.32. The average molecular weight is 168 g/mol. The molecular formula is C7H8N2OS. The fraction of sp³-hybridized carbons (Fsp3) is 0.286. The highest BCUT2D eigenvalue weighted by atomic mass is 32.1. The summed E-state index contributed by atoms with van der Waals surface area (Å²) in [5.41, 5.74) is 0. The number of rotatable bonds is 2. The normalized spacial score (nSPS) is 9.18. The number of ether oxygens (including phenoxy) is 1. The van der Waals surface area contributed by atoms with Gasteiger partial charge in [0.15, 0.2) is 0 Å². The lowest BCUT2D eigenvalue weighted by Gasteiger charge is -2.00. The molecule has 4 heteroatoms. The molecule has 0 bridgehead atoms. The van der Waals surface area contributed by atoms with Crippen LogP contribution in [0.4, 0.5) is 0 Å². The number of hydrogen-bond donors (Lipinski definition) is 0. The molecule has 0 saturated heterocycles. The van der Waals surface area contributed by atoms with Crippen LogP contribution in [0, 0.1) is 0 Å². The number of hydrogen-bond acceptors (Lipinski definition) is 4. The molecule has 0 aliphatic heterocycles. The molecule has 0 unspecified atom stereocenters. The first kappa shape index (κ1) is 8.07. The third kappa shape index (κ3) is 2.23. The largest absolute Gasteiger partial charge is 0.481 e. The van der Waals surface area contributed by atoms with Gasteiger partial charge in [0.25, 0.3) is 0 Å². The molecule has 0 saturated carbocycles. The molecule has 1 aromatic heterocycles. The van der Waals surface area contributed by atoms with Gasteiger partial charge in [0.2, 0.25) is 10.9 Å². The lowest BCUT2D eigenvalue weighted by Crippen LogP contribution is -2.07. The van der Waals surface area contributed by atoms with Gasteiger partial charge in [0.05, 0.1) is 6.61 Å². The van der Waals surface area contributed by atoms with Crippen molar-refractivity contribution in [2.45, 2.75) is 6.92 Å². The van der Waals surface area contributed by atoms with Crippen LogP contribution in [-0.4, -0.2) is 21.6 Å². The van der Waals surface area contributed by atoms with Gasteiger partial charge in [-0.05, 0) is 25.2 Å². The highest BCUT2D eigenvalue weighted by Gasteiger charge is 2.01. The summed E-state index contributed by atoms with van der Waals surface area (Å²) in [6, 6.07) is 1.73. The maximum atomic E-state index is 5.03. The smallest absolute Gasteiger partial charge is 0.229 e. The molecular weight excluding hydrogens is 160 g/mol. The number of aromatic nitrogens is 2. The van der Waals surface area contributed by atoms with Gasteiger partial charge in [-0.15, -0.1) is 0 Å². The zero-order chi connectivity index (χ0) is 8.10. The fourth-order valence-corrected chi connectivity index (χ4v) is 0.823. The van der Waals surface area contributed by atoms with E-state index in [4.69, 9.17) is 17.0 Å². The average Bonchev–Trinajstić information content (AvgIpc) is 2.07. The Morgan fingerprint density at radius 1 is 1.55 bits per heavy atom. The van der Waals surface area contributed by atoms with Crippen LogP contribution in [0.15, 0.2) is 18.5 Å². The molecule has 0 amide bonds. The van der Waals surface area contributed by atoms with E-state index in [1.807, 2.05) is 6.92 Å². The number of nitrogens with zero attached hydrogens (tertiary/aromatic N) is 2. The summed E-state index contributed by atoms with van der Waals surface area (Å²) in [6.07, 6.45) is 3.27. The second-order valence-electron chi connectivity index (χ2n) is 1.79. The van der Waals surface area contributed by atoms with E-state index in [1.54, 1.807) is 18.5 Å². The van der Waals surface area contributed by atoms with Crippen LogP contribution in [-0.2, 0) is 4.74 Å². The van der Waals surface area contributed by atoms with Crippen LogP contribution < -0.4 is 0 Å². The van der Waals surface area contributed by atoms with Crippen molar-refractivity contribution >= 4 is 17.3 Å². The van der Waals surface area contributed by atoms with Gasteiger partial charge >= 0.3 is 0 Å². The lowest BCUT2D eigenvalue weighted by atomic mass is 10.6. The van der Waals surface area contributed by atoms with Gasteiger partial charge in [-0.1, -0.05) is 0 Å². The van der Waals surface area contributed by atoms with E-state index >= 15 is 0 Å². The van der Waals surface area contributed by atoms with Crippen molar-refractivity contribution in [2.75, 3.05) is 6.61 Å². The van der Waals surface area contributed by atoms with Crippen molar-refractivity contribution in [2.24, 2.45) is 0 Å². The van der Waals surface area contributed by atoms with E-state index in [2.05, 4.69) is 9.97 Å². The fourth-order valence-electron chi connectivity index (χ4n) is 0.600. The highest BCUT2D eigenvalue weighted by Crippen LogP contribution is 1.93. The molecule has 3 nitrogen and oxygen atoms in total. The summed E-state index contributed by atoms with van der Waals surface area (Å²) in [4.78, 5) is 7.84. The van der Waals surface area contributed by atoms with Crippen molar-refractivity contribution in [3.8, 4) is 0 Å². The topological polar surface area (TPSA) is 35.0 Å². The Balaban J connectivity index is 2.69. The third-order valence-electron chi connectivity index (χ3n) is 1.02. The minimum absolute atomic E-state index is 0.355. The predicted molar refractivity (Wildman–Crippen MR) is 45.4 cm³/mol. The standard InChI is InChI=1S/C7H8N2OS/c1-2-10-7(11)6-8-4-3-5-9-6/h3-5H,2H2,1H3. The van der Waals surface area contributed by atoms with Gasteiger partial charge in [-0.2, -0.15) is 0 Å². The second-order valence-corrected chi connectivity index (χ2v) is 2.16. The Bertz CT molecular complexity index is 237. The van der Waals surface area contributed by atoms with Gasteiger partial charge in [0, 0.05) is 12.4 Å². The molecule has 58 valence electrons. The predicted octanol–water partition coefficient (Wildman–Crippen LogP) is 1.19. The van der Waals surface area contributed by atoms with E-state index in [0.717, 1.165) is 0 Å².